The maximum absolute atomic E-state index is 12.8. The van der Waals surface area contributed by atoms with E-state index in [1.807, 2.05) is 0 Å². The molecule has 0 aliphatic carbocycles. The van der Waals surface area contributed by atoms with Gasteiger partial charge in [0.15, 0.2) is 6.10 Å². The maximum Gasteiger partial charge on any atom is 0.472 e. The van der Waals surface area contributed by atoms with E-state index in [0.29, 0.717) is 6.42 Å². The van der Waals surface area contributed by atoms with Gasteiger partial charge in [0, 0.05) is 19.4 Å². The molecule has 0 rings (SSSR count). The molecule has 514 valence electrons. The van der Waals surface area contributed by atoms with Crippen molar-refractivity contribution in [3.05, 3.63) is 109 Å². The van der Waals surface area contributed by atoms with Crippen LogP contribution in [0, 0.1) is 0 Å². The molecule has 0 aromatic heterocycles. The van der Waals surface area contributed by atoms with Crippen molar-refractivity contribution in [2.75, 3.05) is 26.4 Å². The van der Waals surface area contributed by atoms with Crippen LogP contribution in [0.15, 0.2) is 109 Å². The predicted octanol–water partition coefficient (Wildman–Crippen LogP) is 24.9. The van der Waals surface area contributed by atoms with Crippen LogP contribution in [-0.4, -0.2) is 49.3 Å². The van der Waals surface area contributed by atoms with Crippen molar-refractivity contribution in [2.24, 2.45) is 5.73 Å². The topological polar surface area (TPSA) is 134 Å². The van der Waals surface area contributed by atoms with E-state index in [2.05, 4.69) is 123 Å². The number of unbranched alkanes of at least 4 members (excludes halogenated alkanes) is 39. The fourth-order valence-electron chi connectivity index (χ4n) is 10.7. The van der Waals surface area contributed by atoms with E-state index in [1.165, 1.54) is 218 Å². The van der Waals surface area contributed by atoms with Gasteiger partial charge in [-0.3, -0.25) is 18.6 Å². The summed E-state index contributed by atoms with van der Waals surface area (Å²) in [5.74, 6) is -0.823. The lowest BCUT2D eigenvalue weighted by atomic mass is 10.0. The van der Waals surface area contributed by atoms with Crippen molar-refractivity contribution in [3.63, 3.8) is 0 Å². The zero-order valence-electron chi connectivity index (χ0n) is 57.9. The molecule has 0 aromatic rings. The van der Waals surface area contributed by atoms with Gasteiger partial charge in [0.25, 0.3) is 0 Å². The minimum atomic E-state index is -4.40. The third kappa shape index (κ3) is 73.6. The number of carbonyl (C=O) groups excluding carboxylic acids is 2. The Morgan fingerprint density at radius 1 is 0.348 bits per heavy atom. The molecule has 0 spiro atoms. The van der Waals surface area contributed by atoms with Crippen LogP contribution in [0.1, 0.15) is 348 Å². The number of esters is 2. The second-order valence-electron chi connectivity index (χ2n) is 24.8. The van der Waals surface area contributed by atoms with Gasteiger partial charge >= 0.3 is 19.8 Å². The van der Waals surface area contributed by atoms with Crippen LogP contribution >= 0.6 is 7.82 Å². The molecule has 0 bridgehead atoms. The summed E-state index contributed by atoms with van der Waals surface area (Å²) in [7, 11) is -4.40. The highest BCUT2D eigenvalue weighted by molar-refractivity contribution is 7.47. The number of nitrogens with two attached hydrogens (primary N) is 1. The van der Waals surface area contributed by atoms with E-state index in [0.717, 1.165) is 96.3 Å². The summed E-state index contributed by atoms with van der Waals surface area (Å²) in [6.45, 7) is 3.65. The minimum Gasteiger partial charge on any atom is -0.462 e. The van der Waals surface area contributed by atoms with Gasteiger partial charge < -0.3 is 20.1 Å². The van der Waals surface area contributed by atoms with E-state index in [4.69, 9.17) is 24.3 Å². The lowest BCUT2D eigenvalue weighted by Gasteiger charge is -2.19. The molecule has 0 heterocycles. The molecule has 0 aromatic carbocycles. The third-order valence-electron chi connectivity index (χ3n) is 16.1. The molecule has 0 saturated carbocycles. The second-order valence-corrected chi connectivity index (χ2v) is 26.2. The smallest absolute Gasteiger partial charge is 0.462 e. The highest BCUT2D eigenvalue weighted by Gasteiger charge is 2.26. The molecule has 0 radical (unpaired) electrons. The van der Waals surface area contributed by atoms with Crippen LogP contribution in [0.2, 0.25) is 0 Å². The zero-order valence-corrected chi connectivity index (χ0v) is 58.8. The Kier molecular flexibility index (Phi) is 71.0. The standard InChI is InChI=1S/C79H140NO8P/c1-3-5-7-9-11-13-15-17-19-21-23-25-27-29-31-33-34-35-36-37-38-39-40-41-42-44-45-47-49-51-53-55-57-59-61-63-65-67-69-71-78(81)85-75-77(76-87-89(83,84)86-74-73-80)88-79(82)72-70-68-66-64-62-60-58-56-54-52-50-48-46-43-32-30-28-26-24-22-20-18-16-14-12-10-8-6-4-2/h6,8,12,14-15,17-18,20-21,23-24,26-27,29-30,32,46,48,77H,3-5,7,9-11,13,16,19,22,25,28,31,33-45,47,49-76,80H2,1-2H3,(H,83,84)/b8-6-,14-12-,17-15-,20-18-,23-21-,26-24-,29-27-,32-30-,48-46-. The fourth-order valence-corrected chi connectivity index (χ4v) is 11.4. The summed E-state index contributed by atoms with van der Waals surface area (Å²) in [6.07, 6.45) is 102. The minimum absolute atomic E-state index is 0.0498. The second kappa shape index (κ2) is 73.7. The molecule has 2 atom stereocenters. The van der Waals surface area contributed by atoms with Crippen molar-refractivity contribution >= 4 is 19.8 Å². The SMILES string of the molecule is CC/C=C\C/C=C\C/C=C\C/C=C\C/C=C\C/C=C\CCCCCCCCCCCCC(=O)OC(COC(=O)CCCCCCCCCCCCCCCCCCCCCCCCCC/C=C\C/C=C\C/C=C\CCCCCCC)COP(=O)(O)OCCN. The van der Waals surface area contributed by atoms with E-state index in [9.17, 15) is 19.0 Å². The average molecular weight is 1260 g/mol. The molecule has 3 N–H and O–H groups in total. The molecule has 0 aliphatic rings. The number of phosphoric ester groups is 1. The lowest BCUT2D eigenvalue weighted by Crippen LogP contribution is -2.29. The van der Waals surface area contributed by atoms with Gasteiger partial charge in [-0.2, -0.15) is 0 Å². The first kappa shape index (κ1) is 85.7. The van der Waals surface area contributed by atoms with Crippen LogP contribution in [0.5, 0.6) is 0 Å². The summed E-state index contributed by atoms with van der Waals surface area (Å²) < 4.78 is 33.2. The highest BCUT2D eigenvalue weighted by Crippen LogP contribution is 2.43. The quantitative estimate of drug-likeness (QED) is 0.0264. The van der Waals surface area contributed by atoms with Crippen molar-refractivity contribution < 1.29 is 37.6 Å². The van der Waals surface area contributed by atoms with Crippen molar-refractivity contribution in [3.8, 4) is 0 Å². The van der Waals surface area contributed by atoms with Crippen molar-refractivity contribution in [1.82, 2.24) is 0 Å². The van der Waals surface area contributed by atoms with Crippen molar-refractivity contribution in [2.45, 2.75) is 354 Å². The van der Waals surface area contributed by atoms with Gasteiger partial charge in [-0.1, -0.05) is 342 Å². The zero-order chi connectivity index (χ0) is 64.4. The van der Waals surface area contributed by atoms with Gasteiger partial charge in [-0.25, -0.2) is 4.57 Å². The van der Waals surface area contributed by atoms with Gasteiger partial charge in [-0.15, -0.1) is 0 Å². The van der Waals surface area contributed by atoms with Crippen LogP contribution in [-0.2, 0) is 32.7 Å². The number of ether oxygens (including phenoxy) is 2. The first-order valence-corrected chi connectivity index (χ1v) is 38.9. The van der Waals surface area contributed by atoms with Crippen LogP contribution < -0.4 is 5.73 Å². The predicted molar refractivity (Wildman–Crippen MR) is 385 cm³/mol. The van der Waals surface area contributed by atoms with E-state index in [-0.39, 0.29) is 38.6 Å². The van der Waals surface area contributed by atoms with Crippen LogP contribution in [0.3, 0.4) is 0 Å². The number of allylic oxidation sites excluding steroid dienone is 18. The Morgan fingerprint density at radius 2 is 0.618 bits per heavy atom. The van der Waals surface area contributed by atoms with Gasteiger partial charge in [0.05, 0.1) is 13.2 Å². The Morgan fingerprint density at radius 3 is 0.921 bits per heavy atom. The summed E-state index contributed by atoms with van der Waals surface area (Å²) in [5, 5.41) is 0. The number of carbonyl (C=O) groups is 2. The molecule has 9 nitrogen and oxygen atoms in total. The van der Waals surface area contributed by atoms with Crippen LogP contribution in [0.25, 0.3) is 0 Å². The normalized spacial score (nSPS) is 13.5. The molecule has 2 unspecified atom stereocenters. The number of rotatable bonds is 70. The summed E-state index contributed by atoms with van der Waals surface area (Å²) in [4.78, 5) is 35.4. The molecular formula is C79H140NO8P. The van der Waals surface area contributed by atoms with Crippen LogP contribution in [0.4, 0.5) is 0 Å². The summed E-state index contributed by atoms with van der Waals surface area (Å²) in [6, 6.07) is 0. The molecule has 10 heteroatoms. The summed E-state index contributed by atoms with van der Waals surface area (Å²) >= 11 is 0. The summed E-state index contributed by atoms with van der Waals surface area (Å²) in [5.41, 5.74) is 5.41. The molecule has 0 fully saturated rings. The van der Waals surface area contributed by atoms with E-state index >= 15 is 0 Å². The lowest BCUT2D eigenvalue weighted by molar-refractivity contribution is -0.161. The Balaban J connectivity index is 3.83. The highest BCUT2D eigenvalue weighted by atomic mass is 31.2. The number of hydrogen-bond acceptors (Lipinski definition) is 8. The van der Waals surface area contributed by atoms with E-state index in [1.54, 1.807) is 0 Å². The number of phosphoric acid groups is 1. The first-order chi connectivity index (χ1) is 43.8. The fraction of sp³-hybridized carbons (Fsp3) is 0.747. The monoisotopic (exact) mass is 1260 g/mol. The van der Waals surface area contributed by atoms with Gasteiger partial charge in [0.2, 0.25) is 0 Å². The molecule has 0 saturated heterocycles. The largest absolute Gasteiger partial charge is 0.472 e. The molecule has 89 heavy (non-hydrogen) atoms. The van der Waals surface area contributed by atoms with Gasteiger partial charge in [0.1, 0.15) is 6.61 Å². The average Bonchev–Trinajstić information content (AvgIpc) is 3.68. The Labute approximate surface area is 549 Å². The number of hydrogen-bond donors (Lipinski definition) is 2. The molecule has 0 aliphatic heterocycles. The third-order valence-corrected chi connectivity index (χ3v) is 17.1. The molecular weight excluding hydrogens is 1120 g/mol. The maximum atomic E-state index is 12.8. The van der Waals surface area contributed by atoms with E-state index < -0.39 is 26.5 Å². The first-order valence-electron chi connectivity index (χ1n) is 37.4. The van der Waals surface area contributed by atoms with Crippen molar-refractivity contribution in [1.29, 1.82) is 0 Å². The van der Waals surface area contributed by atoms with Gasteiger partial charge in [-0.05, 0) is 103 Å². The Hall–Kier alpha value is -3.33. The molecule has 0 amide bonds. The Bertz CT molecular complexity index is 1830.